The van der Waals surface area contributed by atoms with Gasteiger partial charge in [-0.25, -0.2) is 9.97 Å². The highest BCUT2D eigenvalue weighted by Crippen LogP contribution is 2.46. The summed E-state index contributed by atoms with van der Waals surface area (Å²) in [5.74, 6) is 0.401. The molecule has 1 fully saturated rings. The number of furan rings is 1. The fourth-order valence-electron chi connectivity index (χ4n) is 5.18. The van der Waals surface area contributed by atoms with Crippen molar-refractivity contribution in [1.82, 2.24) is 9.97 Å². The third-order valence-electron chi connectivity index (χ3n) is 7.31. The minimum atomic E-state index is -0.980. The van der Waals surface area contributed by atoms with E-state index in [1.807, 2.05) is 97.9 Å². The Kier molecular flexibility index (Phi) is 8.41. The highest BCUT2D eigenvalue weighted by Gasteiger charge is 2.57. The SMILES string of the molecule is C[C@]1(OCc2ccccc2)C(c2nc(Cl)c3occc3n2)O[C@H](COCc2ccccc2)[C@H]1OCc1ccccc1. The third-order valence-corrected chi connectivity index (χ3v) is 7.56. The zero-order valence-electron chi connectivity index (χ0n) is 22.7. The van der Waals surface area contributed by atoms with Crippen LogP contribution in [0.2, 0.25) is 5.15 Å². The molecule has 3 heterocycles. The van der Waals surface area contributed by atoms with Crippen molar-refractivity contribution in [2.45, 2.75) is 50.7 Å². The molecule has 1 aliphatic heterocycles. The Hall–Kier alpha value is -3.59. The second-order valence-electron chi connectivity index (χ2n) is 10.2. The molecule has 0 spiro atoms. The van der Waals surface area contributed by atoms with Gasteiger partial charge < -0.3 is 23.4 Å². The summed E-state index contributed by atoms with van der Waals surface area (Å²) in [7, 11) is 0. The van der Waals surface area contributed by atoms with Crippen LogP contribution in [-0.2, 0) is 38.8 Å². The van der Waals surface area contributed by atoms with Crippen molar-refractivity contribution in [2.24, 2.45) is 0 Å². The number of hydrogen-bond donors (Lipinski definition) is 0. The largest absolute Gasteiger partial charge is 0.459 e. The van der Waals surface area contributed by atoms with Gasteiger partial charge in [0.25, 0.3) is 0 Å². The molecule has 41 heavy (non-hydrogen) atoms. The van der Waals surface area contributed by atoms with Crippen LogP contribution in [0.15, 0.2) is 108 Å². The Bertz CT molecular complexity index is 1550. The smallest absolute Gasteiger partial charge is 0.189 e. The molecule has 0 aliphatic carbocycles. The van der Waals surface area contributed by atoms with Crippen LogP contribution < -0.4 is 0 Å². The van der Waals surface area contributed by atoms with Gasteiger partial charge in [0.15, 0.2) is 16.6 Å². The predicted octanol–water partition coefficient (Wildman–Crippen LogP) is 7.09. The molecule has 3 aromatic carbocycles. The molecular weight excluding hydrogens is 540 g/mol. The van der Waals surface area contributed by atoms with Gasteiger partial charge in [-0.1, -0.05) is 103 Å². The zero-order valence-corrected chi connectivity index (χ0v) is 23.4. The molecule has 8 heteroatoms. The van der Waals surface area contributed by atoms with E-state index in [9.17, 15) is 0 Å². The first-order valence-electron chi connectivity index (χ1n) is 13.6. The minimum absolute atomic E-state index is 0.217. The zero-order chi connectivity index (χ0) is 28.1. The van der Waals surface area contributed by atoms with Crippen LogP contribution in [0.4, 0.5) is 0 Å². The summed E-state index contributed by atoms with van der Waals surface area (Å²) >= 11 is 6.52. The van der Waals surface area contributed by atoms with E-state index in [0.717, 1.165) is 16.7 Å². The molecule has 1 saturated heterocycles. The molecule has 0 saturated carbocycles. The van der Waals surface area contributed by atoms with Crippen LogP contribution in [0, 0.1) is 0 Å². The van der Waals surface area contributed by atoms with Gasteiger partial charge in [-0.2, -0.15) is 0 Å². The van der Waals surface area contributed by atoms with Crippen LogP contribution >= 0.6 is 11.6 Å². The average molecular weight is 571 g/mol. The Labute approximate surface area is 244 Å². The maximum atomic E-state index is 6.72. The molecule has 1 aliphatic rings. The van der Waals surface area contributed by atoms with Gasteiger partial charge in [-0.3, -0.25) is 0 Å². The third kappa shape index (κ3) is 6.20. The lowest BCUT2D eigenvalue weighted by Gasteiger charge is -2.35. The van der Waals surface area contributed by atoms with Crippen molar-refractivity contribution in [1.29, 1.82) is 0 Å². The molecule has 4 atom stereocenters. The number of benzene rings is 3. The first kappa shape index (κ1) is 27.6. The van der Waals surface area contributed by atoms with Gasteiger partial charge in [-0.05, 0) is 23.6 Å². The lowest BCUT2D eigenvalue weighted by atomic mass is 9.91. The van der Waals surface area contributed by atoms with E-state index >= 15 is 0 Å². The Morgan fingerprint density at radius 3 is 2.05 bits per heavy atom. The first-order valence-corrected chi connectivity index (χ1v) is 14.0. The molecule has 1 unspecified atom stereocenters. The second kappa shape index (κ2) is 12.5. The van der Waals surface area contributed by atoms with Crippen molar-refractivity contribution < 1.29 is 23.4 Å². The van der Waals surface area contributed by atoms with Gasteiger partial charge in [0, 0.05) is 6.07 Å². The lowest BCUT2D eigenvalue weighted by Crippen LogP contribution is -2.47. The number of aromatic nitrogens is 2. The normalized spacial score (nSPS) is 22.3. The highest BCUT2D eigenvalue weighted by molar-refractivity contribution is 6.33. The minimum Gasteiger partial charge on any atom is -0.459 e. The first-order chi connectivity index (χ1) is 20.1. The molecule has 5 aromatic rings. The summed E-state index contributed by atoms with van der Waals surface area (Å²) in [6.45, 7) is 3.45. The van der Waals surface area contributed by atoms with E-state index in [1.54, 1.807) is 12.3 Å². The maximum Gasteiger partial charge on any atom is 0.189 e. The van der Waals surface area contributed by atoms with E-state index in [-0.39, 0.29) is 11.8 Å². The summed E-state index contributed by atoms with van der Waals surface area (Å²) in [5, 5.41) is 0.217. The molecule has 0 bridgehead atoms. The number of hydrogen-bond acceptors (Lipinski definition) is 7. The maximum absolute atomic E-state index is 6.72. The van der Waals surface area contributed by atoms with Crippen LogP contribution in [-0.4, -0.2) is 34.4 Å². The topological polar surface area (TPSA) is 75.8 Å². The average Bonchev–Trinajstić information content (AvgIpc) is 3.60. The van der Waals surface area contributed by atoms with E-state index in [1.165, 1.54) is 0 Å². The summed E-state index contributed by atoms with van der Waals surface area (Å²) in [6.07, 6.45) is -0.110. The van der Waals surface area contributed by atoms with Gasteiger partial charge in [0.2, 0.25) is 0 Å². The Morgan fingerprint density at radius 1 is 0.780 bits per heavy atom. The van der Waals surface area contributed by atoms with Crippen molar-refractivity contribution in [3.05, 3.63) is 131 Å². The molecule has 2 aromatic heterocycles. The van der Waals surface area contributed by atoms with Crippen LogP contribution in [0.25, 0.3) is 11.1 Å². The molecule has 0 radical (unpaired) electrons. The Morgan fingerprint density at radius 2 is 1.39 bits per heavy atom. The van der Waals surface area contributed by atoms with Crippen molar-refractivity contribution in [3.8, 4) is 0 Å². The molecular formula is C33H31ClN2O5. The Balaban J connectivity index is 1.33. The van der Waals surface area contributed by atoms with Crippen LogP contribution in [0.5, 0.6) is 0 Å². The van der Waals surface area contributed by atoms with E-state index in [0.29, 0.717) is 36.7 Å². The lowest BCUT2D eigenvalue weighted by molar-refractivity contribution is -0.148. The van der Waals surface area contributed by atoms with Crippen LogP contribution in [0.3, 0.4) is 0 Å². The predicted molar refractivity (Wildman–Crippen MR) is 155 cm³/mol. The summed E-state index contributed by atoms with van der Waals surface area (Å²) < 4.78 is 31.7. The van der Waals surface area contributed by atoms with Gasteiger partial charge in [-0.15, -0.1) is 0 Å². The molecule has 6 rings (SSSR count). The van der Waals surface area contributed by atoms with Crippen molar-refractivity contribution in [3.63, 3.8) is 0 Å². The summed E-state index contributed by atoms with van der Waals surface area (Å²) in [5.41, 5.74) is 3.20. The number of rotatable bonds is 11. The summed E-state index contributed by atoms with van der Waals surface area (Å²) in [6, 6.07) is 31.8. The van der Waals surface area contributed by atoms with Gasteiger partial charge >= 0.3 is 0 Å². The van der Waals surface area contributed by atoms with Crippen molar-refractivity contribution in [2.75, 3.05) is 6.61 Å². The monoisotopic (exact) mass is 570 g/mol. The number of ether oxygens (including phenoxy) is 4. The fourth-order valence-corrected chi connectivity index (χ4v) is 5.40. The van der Waals surface area contributed by atoms with E-state index in [4.69, 9.17) is 39.9 Å². The van der Waals surface area contributed by atoms with Gasteiger partial charge in [0.05, 0.1) is 32.7 Å². The molecule has 210 valence electrons. The van der Waals surface area contributed by atoms with Gasteiger partial charge in [0.1, 0.15) is 29.4 Å². The molecule has 0 N–H and O–H groups in total. The van der Waals surface area contributed by atoms with Crippen molar-refractivity contribution >= 4 is 22.7 Å². The molecule has 0 amide bonds. The number of nitrogens with zero attached hydrogens (tertiary/aromatic N) is 2. The van der Waals surface area contributed by atoms with E-state index < -0.39 is 23.9 Å². The standard InChI is InChI=1S/C33H31ClN2O5/c1-33(40-21-25-15-9-4-10-16-25)29(39-20-24-13-7-3-8-14-24)27(22-37-19-23-11-5-2-6-12-23)41-30(33)32-35-26-17-18-38-28(26)31(34)36-32/h2-18,27,29-30H,19-22H2,1H3/t27-,29-,30?,33-/m1/s1. The quantitative estimate of drug-likeness (QED) is 0.157. The van der Waals surface area contributed by atoms with E-state index in [2.05, 4.69) is 4.98 Å². The number of fused-ring (bicyclic) bond motifs is 1. The second-order valence-corrected chi connectivity index (χ2v) is 10.6. The number of halogens is 1. The highest BCUT2D eigenvalue weighted by atomic mass is 35.5. The van der Waals surface area contributed by atoms with Crippen LogP contribution in [0.1, 0.15) is 35.5 Å². The fraction of sp³-hybridized carbons (Fsp3) is 0.273. The summed E-state index contributed by atoms with van der Waals surface area (Å²) in [4.78, 5) is 9.33. The molecule has 7 nitrogen and oxygen atoms in total.